The second kappa shape index (κ2) is 7.60. The van der Waals surface area contributed by atoms with E-state index < -0.39 is 0 Å². The summed E-state index contributed by atoms with van der Waals surface area (Å²) in [7, 11) is 0. The predicted octanol–water partition coefficient (Wildman–Crippen LogP) is 3.38. The van der Waals surface area contributed by atoms with Gasteiger partial charge in [-0.3, -0.25) is 0 Å². The monoisotopic (exact) mass is 278 g/mol. The lowest BCUT2D eigenvalue weighted by molar-refractivity contribution is -0.106. The summed E-state index contributed by atoms with van der Waals surface area (Å²) in [5, 5.41) is 3.35. The maximum atomic E-state index is 6.07. The SMILES string of the molecule is CCCNc1ncccc1COC1CC(C)OC(C)C1. The minimum atomic E-state index is 0.285. The van der Waals surface area contributed by atoms with Crippen LogP contribution in [0.4, 0.5) is 5.82 Å². The third-order valence-electron chi connectivity index (χ3n) is 3.56. The van der Waals surface area contributed by atoms with Crippen LogP contribution in [0.3, 0.4) is 0 Å². The molecule has 1 N–H and O–H groups in total. The van der Waals surface area contributed by atoms with Crippen LogP contribution in [0.15, 0.2) is 18.3 Å². The molecule has 2 atom stereocenters. The van der Waals surface area contributed by atoms with E-state index in [-0.39, 0.29) is 18.3 Å². The van der Waals surface area contributed by atoms with Crippen LogP contribution < -0.4 is 5.32 Å². The van der Waals surface area contributed by atoms with E-state index in [1.165, 1.54) is 0 Å². The standard InChI is InChI=1S/C16H26N2O2/c1-4-7-17-16-14(6-5-8-18-16)11-19-15-9-12(2)20-13(3)10-15/h5-6,8,12-13,15H,4,7,9-11H2,1-3H3,(H,17,18). The van der Waals surface area contributed by atoms with Gasteiger partial charge in [-0.15, -0.1) is 0 Å². The Morgan fingerprint density at radius 2 is 2.10 bits per heavy atom. The van der Waals surface area contributed by atoms with Crippen molar-refractivity contribution in [1.29, 1.82) is 0 Å². The van der Waals surface area contributed by atoms with E-state index >= 15 is 0 Å². The quantitative estimate of drug-likeness (QED) is 0.866. The second-order valence-electron chi connectivity index (χ2n) is 5.60. The number of hydrogen-bond donors (Lipinski definition) is 1. The molecule has 2 heterocycles. The van der Waals surface area contributed by atoms with Crippen LogP contribution in [0.1, 0.15) is 45.6 Å². The van der Waals surface area contributed by atoms with Gasteiger partial charge in [0.05, 0.1) is 24.9 Å². The van der Waals surface area contributed by atoms with Crippen LogP contribution in [-0.4, -0.2) is 29.8 Å². The zero-order valence-electron chi connectivity index (χ0n) is 12.8. The maximum Gasteiger partial charge on any atom is 0.131 e. The fourth-order valence-electron chi connectivity index (χ4n) is 2.65. The molecule has 1 aromatic rings. The summed E-state index contributed by atoms with van der Waals surface area (Å²) >= 11 is 0. The Hall–Kier alpha value is -1.13. The van der Waals surface area contributed by atoms with Crippen molar-refractivity contribution < 1.29 is 9.47 Å². The van der Waals surface area contributed by atoms with Crippen LogP contribution in [0, 0.1) is 0 Å². The number of pyridine rings is 1. The first-order valence-corrected chi connectivity index (χ1v) is 7.63. The molecule has 0 bridgehead atoms. The van der Waals surface area contributed by atoms with Gasteiger partial charge in [-0.1, -0.05) is 13.0 Å². The van der Waals surface area contributed by atoms with Crippen LogP contribution in [0.25, 0.3) is 0 Å². The van der Waals surface area contributed by atoms with Gasteiger partial charge in [-0.25, -0.2) is 4.98 Å². The van der Waals surface area contributed by atoms with Gasteiger partial charge < -0.3 is 14.8 Å². The Balaban J connectivity index is 1.90. The molecule has 2 unspecified atom stereocenters. The van der Waals surface area contributed by atoms with Crippen molar-refractivity contribution >= 4 is 5.82 Å². The average Bonchev–Trinajstić information content (AvgIpc) is 2.43. The highest BCUT2D eigenvalue weighted by Crippen LogP contribution is 2.23. The summed E-state index contributed by atoms with van der Waals surface area (Å²) in [4.78, 5) is 4.39. The highest BCUT2D eigenvalue weighted by molar-refractivity contribution is 5.43. The van der Waals surface area contributed by atoms with E-state index in [0.29, 0.717) is 6.61 Å². The molecule has 0 amide bonds. The van der Waals surface area contributed by atoms with Crippen LogP contribution in [0.5, 0.6) is 0 Å². The summed E-state index contributed by atoms with van der Waals surface area (Å²) in [6.07, 6.45) is 5.72. The van der Waals surface area contributed by atoms with Gasteiger partial charge in [0.1, 0.15) is 5.82 Å². The summed E-state index contributed by atoms with van der Waals surface area (Å²) in [5.41, 5.74) is 1.13. The maximum absolute atomic E-state index is 6.07. The lowest BCUT2D eigenvalue weighted by Gasteiger charge is -2.32. The van der Waals surface area contributed by atoms with Crippen molar-refractivity contribution in [2.45, 2.75) is 65.0 Å². The molecule has 0 aromatic carbocycles. The van der Waals surface area contributed by atoms with Crippen molar-refractivity contribution in [2.24, 2.45) is 0 Å². The number of rotatable bonds is 6. The van der Waals surface area contributed by atoms with E-state index in [4.69, 9.17) is 9.47 Å². The summed E-state index contributed by atoms with van der Waals surface area (Å²) in [5.74, 6) is 0.947. The molecule has 1 aromatic heterocycles. The lowest BCUT2D eigenvalue weighted by atomic mass is 10.0. The Morgan fingerprint density at radius 3 is 2.80 bits per heavy atom. The minimum absolute atomic E-state index is 0.285. The molecule has 112 valence electrons. The summed E-state index contributed by atoms with van der Waals surface area (Å²) in [6.45, 7) is 7.94. The highest BCUT2D eigenvalue weighted by atomic mass is 16.5. The van der Waals surface area contributed by atoms with Gasteiger partial charge in [0.2, 0.25) is 0 Å². The number of nitrogens with one attached hydrogen (secondary N) is 1. The molecule has 0 saturated carbocycles. The van der Waals surface area contributed by atoms with Gasteiger partial charge in [-0.05, 0) is 39.2 Å². The van der Waals surface area contributed by atoms with Crippen molar-refractivity contribution in [3.05, 3.63) is 23.9 Å². The minimum Gasteiger partial charge on any atom is -0.375 e. The smallest absolute Gasteiger partial charge is 0.131 e. The third-order valence-corrected chi connectivity index (χ3v) is 3.56. The first-order valence-electron chi connectivity index (χ1n) is 7.63. The number of nitrogens with zero attached hydrogens (tertiary/aromatic N) is 1. The molecule has 1 saturated heterocycles. The molecule has 0 spiro atoms. The zero-order valence-corrected chi connectivity index (χ0v) is 12.8. The fourth-order valence-corrected chi connectivity index (χ4v) is 2.65. The second-order valence-corrected chi connectivity index (χ2v) is 5.60. The first kappa shape index (κ1) is 15.3. The summed E-state index contributed by atoms with van der Waals surface area (Å²) in [6, 6.07) is 4.04. The van der Waals surface area contributed by atoms with Crippen molar-refractivity contribution in [1.82, 2.24) is 4.98 Å². The molecule has 1 fully saturated rings. The zero-order chi connectivity index (χ0) is 14.4. The number of aromatic nitrogens is 1. The van der Waals surface area contributed by atoms with Crippen molar-refractivity contribution in [3.63, 3.8) is 0 Å². The predicted molar refractivity (Wildman–Crippen MR) is 80.8 cm³/mol. The van der Waals surface area contributed by atoms with E-state index in [1.807, 2.05) is 12.3 Å². The lowest BCUT2D eigenvalue weighted by Crippen LogP contribution is -2.34. The van der Waals surface area contributed by atoms with Crippen LogP contribution in [0.2, 0.25) is 0 Å². The largest absolute Gasteiger partial charge is 0.375 e. The molecule has 1 aliphatic rings. The molecule has 2 rings (SSSR count). The van der Waals surface area contributed by atoms with Gasteiger partial charge in [-0.2, -0.15) is 0 Å². The number of ether oxygens (including phenoxy) is 2. The molecule has 20 heavy (non-hydrogen) atoms. The molecular formula is C16H26N2O2. The molecule has 1 aliphatic heterocycles. The van der Waals surface area contributed by atoms with Crippen LogP contribution in [-0.2, 0) is 16.1 Å². The molecule has 0 aliphatic carbocycles. The molecule has 4 heteroatoms. The van der Waals surface area contributed by atoms with Gasteiger partial charge in [0.15, 0.2) is 0 Å². The van der Waals surface area contributed by atoms with Crippen molar-refractivity contribution in [2.75, 3.05) is 11.9 Å². The van der Waals surface area contributed by atoms with Gasteiger partial charge in [0.25, 0.3) is 0 Å². The Bertz CT molecular complexity index is 401. The van der Waals surface area contributed by atoms with Gasteiger partial charge in [0, 0.05) is 18.3 Å². The molecule has 4 nitrogen and oxygen atoms in total. The van der Waals surface area contributed by atoms with E-state index in [0.717, 1.165) is 37.2 Å². The Morgan fingerprint density at radius 1 is 1.35 bits per heavy atom. The fraction of sp³-hybridized carbons (Fsp3) is 0.688. The topological polar surface area (TPSA) is 43.4 Å². The molecule has 0 radical (unpaired) electrons. The average molecular weight is 278 g/mol. The molecular weight excluding hydrogens is 252 g/mol. The van der Waals surface area contributed by atoms with Crippen molar-refractivity contribution in [3.8, 4) is 0 Å². The number of hydrogen-bond acceptors (Lipinski definition) is 4. The number of anilines is 1. The summed E-state index contributed by atoms with van der Waals surface area (Å²) < 4.78 is 11.8. The first-order chi connectivity index (χ1) is 9.69. The van der Waals surface area contributed by atoms with E-state index in [2.05, 4.69) is 37.1 Å². The van der Waals surface area contributed by atoms with Crippen LogP contribution >= 0.6 is 0 Å². The Labute approximate surface area is 121 Å². The van der Waals surface area contributed by atoms with E-state index in [9.17, 15) is 0 Å². The normalized spacial score (nSPS) is 26.4. The van der Waals surface area contributed by atoms with Gasteiger partial charge >= 0.3 is 0 Å². The Kier molecular flexibility index (Phi) is 5.80. The van der Waals surface area contributed by atoms with E-state index in [1.54, 1.807) is 0 Å². The highest BCUT2D eigenvalue weighted by Gasteiger charge is 2.25. The third kappa shape index (κ3) is 4.46.